The van der Waals surface area contributed by atoms with Gasteiger partial charge in [0.25, 0.3) is 5.91 Å². The molecule has 0 heterocycles. The minimum absolute atomic E-state index is 0.0587. The minimum atomic E-state index is -0.171. The van der Waals surface area contributed by atoms with Crippen molar-refractivity contribution in [3.8, 4) is 5.75 Å². The molecule has 3 nitrogen and oxygen atoms in total. The second-order valence-corrected chi connectivity index (χ2v) is 5.57. The summed E-state index contributed by atoms with van der Waals surface area (Å²) in [5, 5.41) is 3.48. The lowest BCUT2D eigenvalue weighted by atomic mass is 9.84. The molecule has 1 N–H and O–H groups in total. The lowest BCUT2D eigenvalue weighted by Gasteiger charge is -2.29. The van der Waals surface area contributed by atoms with Crippen LogP contribution in [0.3, 0.4) is 0 Å². The van der Waals surface area contributed by atoms with Crippen molar-refractivity contribution in [2.45, 2.75) is 26.7 Å². The fraction of sp³-hybridized carbons (Fsp3) is 0.533. The van der Waals surface area contributed by atoms with Crippen LogP contribution in [0.4, 0.5) is 0 Å². The smallest absolute Gasteiger partial charge is 0.255 e. The van der Waals surface area contributed by atoms with Crippen LogP contribution in [0.2, 0.25) is 5.02 Å². The lowest BCUT2D eigenvalue weighted by Crippen LogP contribution is -2.38. The van der Waals surface area contributed by atoms with Crippen LogP contribution in [0, 0.1) is 5.41 Å². The molecule has 1 rings (SSSR count). The number of nitrogens with one attached hydrogen (secondary N) is 1. The van der Waals surface area contributed by atoms with Gasteiger partial charge in [0, 0.05) is 22.9 Å². The van der Waals surface area contributed by atoms with Gasteiger partial charge in [-0.2, -0.15) is 0 Å². The molecular formula is C15H21Cl2NO2. The Hall–Kier alpha value is -0.930. The van der Waals surface area contributed by atoms with Crippen molar-refractivity contribution in [2.24, 2.45) is 5.41 Å². The van der Waals surface area contributed by atoms with Gasteiger partial charge >= 0.3 is 0 Å². The predicted octanol–water partition coefficient (Wildman–Crippen LogP) is 4.12. The molecule has 0 aliphatic heterocycles. The van der Waals surface area contributed by atoms with E-state index in [2.05, 4.69) is 19.2 Å². The SMILES string of the molecule is CCC(CC)(CCl)CNC(=O)c1ccc(Cl)cc1OC. The standard InChI is InChI=1S/C15H21Cl2NO2/c1-4-15(5-2,9-16)10-18-14(19)12-7-6-11(17)8-13(12)20-3/h6-8H,4-5,9-10H2,1-3H3,(H,18,19). The fourth-order valence-electron chi connectivity index (χ4n) is 1.95. The van der Waals surface area contributed by atoms with Gasteiger partial charge in [-0.3, -0.25) is 4.79 Å². The molecule has 0 fully saturated rings. The van der Waals surface area contributed by atoms with Crippen molar-refractivity contribution in [1.29, 1.82) is 0 Å². The second-order valence-electron chi connectivity index (χ2n) is 4.87. The van der Waals surface area contributed by atoms with Crippen LogP contribution in [-0.4, -0.2) is 25.4 Å². The van der Waals surface area contributed by atoms with Crippen LogP contribution < -0.4 is 10.1 Å². The van der Waals surface area contributed by atoms with Gasteiger partial charge in [-0.05, 0) is 31.0 Å². The molecule has 0 unspecified atom stereocenters. The number of benzene rings is 1. The minimum Gasteiger partial charge on any atom is -0.496 e. The van der Waals surface area contributed by atoms with E-state index < -0.39 is 0 Å². The highest BCUT2D eigenvalue weighted by atomic mass is 35.5. The van der Waals surface area contributed by atoms with E-state index in [1.54, 1.807) is 18.2 Å². The third kappa shape index (κ3) is 4.03. The Morgan fingerprint density at radius 3 is 2.50 bits per heavy atom. The Balaban J connectivity index is 2.82. The first-order valence-corrected chi connectivity index (χ1v) is 7.61. The summed E-state index contributed by atoms with van der Waals surface area (Å²) in [4.78, 5) is 12.3. The Labute approximate surface area is 130 Å². The highest BCUT2D eigenvalue weighted by Crippen LogP contribution is 2.28. The monoisotopic (exact) mass is 317 g/mol. The third-order valence-corrected chi connectivity index (χ3v) is 4.62. The molecule has 1 aromatic carbocycles. The highest BCUT2D eigenvalue weighted by molar-refractivity contribution is 6.30. The first-order valence-electron chi connectivity index (χ1n) is 6.69. The number of hydrogen-bond acceptors (Lipinski definition) is 2. The number of carbonyl (C=O) groups is 1. The largest absolute Gasteiger partial charge is 0.496 e. The number of carbonyl (C=O) groups excluding carboxylic acids is 1. The first kappa shape index (κ1) is 17.1. The molecule has 0 saturated heterocycles. The van der Waals surface area contributed by atoms with Gasteiger partial charge in [-0.1, -0.05) is 25.4 Å². The van der Waals surface area contributed by atoms with Gasteiger partial charge in [-0.25, -0.2) is 0 Å². The number of amides is 1. The highest BCUT2D eigenvalue weighted by Gasteiger charge is 2.26. The molecule has 1 aromatic rings. The Bertz CT molecular complexity index is 451. The van der Waals surface area contributed by atoms with Crippen LogP contribution in [0.5, 0.6) is 5.75 Å². The van der Waals surface area contributed by atoms with E-state index in [1.807, 2.05) is 0 Å². The molecule has 1 amide bonds. The maximum absolute atomic E-state index is 12.3. The summed E-state index contributed by atoms with van der Waals surface area (Å²) in [6, 6.07) is 4.97. The van der Waals surface area contributed by atoms with Gasteiger partial charge in [0.15, 0.2) is 0 Å². The van der Waals surface area contributed by atoms with Crippen molar-refractivity contribution < 1.29 is 9.53 Å². The molecule has 5 heteroatoms. The molecule has 0 aliphatic carbocycles. The van der Waals surface area contributed by atoms with E-state index in [9.17, 15) is 4.79 Å². The molecule has 0 spiro atoms. The zero-order valence-electron chi connectivity index (χ0n) is 12.1. The molecule has 0 aliphatic rings. The van der Waals surface area contributed by atoms with E-state index >= 15 is 0 Å². The van der Waals surface area contributed by atoms with Crippen LogP contribution in [0.15, 0.2) is 18.2 Å². The van der Waals surface area contributed by atoms with Gasteiger partial charge in [-0.15, -0.1) is 11.6 Å². The molecule has 0 saturated carbocycles. The summed E-state index contributed by atoms with van der Waals surface area (Å²) in [5.74, 6) is 0.826. The van der Waals surface area contributed by atoms with Crippen molar-refractivity contribution >= 4 is 29.1 Å². The number of rotatable bonds is 7. The summed E-state index contributed by atoms with van der Waals surface area (Å²) in [6.45, 7) is 4.72. The fourth-order valence-corrected chi connectivity index (χ4v) is 2.59. The molecular weight excluding hydrogens is 297 g/mol. The van der Waals surface area contributed by atoms with E-state index in [0.29, 0.717) is 28.8 Å². The van der Waals surface area contributed by atoms with E-state index in [1.165, 1.54) is 7.11 Å². The first-order chi connectivity index (χ1) is 9.51. The summed E-state index contributed by atoms with van der Waals surface area (Å²) >= 11 is 11.9. The van der Waals surface area contributed by atoms with Gasteiger partial charge in [0.05, 0.1) is 12.7 Å². The predicted molar refractivity (Wildman–Crippen MR) is 84.1 cm³/mol. The number of alkyl halides is 1. The van der Waals surface area contributed by atoms with Gasteiger partial charge in [0.1, 0.15) is 5.75 Å². The molecule has 0 bridgehead atoms. The van der Waals surface area contributed by atoms with Gasteiger partial charge in [0.2, 0.25) is 0 Å². The van der Waals surface area contributed by atoms with Crippen molar-refractivity contribution in [3.63, 3.8) is 0 Å². The number of methoxy groups -OCH3 is 1. The van der Waals surface area contributed by atoms with Crippen LogP contribution in [0.1, 0.15) is 37.0 Å². The zero-order chi connectivity index (χ0) is 15.2. The van der Waals surface area contributed by atoms with Crippen molar-refractivity contribution in [1.82, 2.24) is 5.32 Å². The molecule has 20 heavy (non-hydrogen) atoms. The Morgan fingerprint density at radius 2 is 2.00 bits per heavy atom. The van der Waals surface area contributed by atoms with Crippen LogP contribution in [0.25, 0.3) is 0 Å². The molecule has 0 radical (unpaired) electrons. The molecule has 112 valence electrons. The average molecular weight is 318 g/mol. The van der Waals surface area contributed by atoms with Gasteiger partial charge < -0.3 is 10.1 Å². The normalized spacial score (nSPS) is 11.2. The molecule has 0 aromatic heterocycles. The lowest BCUT2D eigenvalue weighted by molar-refractivity contribution is 0.0929. The average Bonchev–Trinajstić information content (AvgIpc) is 2.48. The number of ether oxygens (including phenoxy) is 1. The Morgan fingerprint density at radius 1 is 1.35 bits per heavy atom. The maximum atomic E-state index is 12.3. The van der Waals surface area contributed by atoms with E-state index in [0.717, 1.165) is 12.8 Å². The summed E-state index contributed by atoms with van der Waals surface area (Å²) in [5.41, 5.74) is 0.421. The summed E-state index contributed by atoms with van der Waals surface area (Å²) in [7, 11) is 1.52. The quantitative estimate of drug-likeness (QED) is 0.768. The zero-order valence-corrected chi connectivity index (χ0v) is 13.6. The van der Waals surface area contributed by atoms with E-state index in [4.69, 9.17) is 27.9 Å². The van der Waals surface area contributed by atoms with Crippen LogP contribution >= 0.6 is 23.2 Å². The second kappa shape index (κ2) is 7.75. The van der Waals surface area contributed by atoms with Crippen LogP contribution in [-0.2, 0) is 0 Å². The number of halogens is 2. The van der Waals surface area contributed by atoms with Crippen molar-refractivity contribution in [2.75, 3.05) is 19.5 Å². The summed E-state index contributed by atoms with van der Waals surface area (Å²) in [6.07, 6.45) is 1.84. The topological polar surface area (TPSA) is 38.3 Å². The van der Waals surface area contributed by atoms with Crippen molar-refractivity contribution in [3.05, 3.63) is 28.8 Å². The Kier molecular flexibility index (Phi) is 6.63. The summed E-state index contributed by atoms with van der Waals surface area (Å²) < 4.78 is 5.19. The maximum Gasteiger partial charge on any atom is 0.255 e. The van der Waals surface area contributed by atoms with E-state index in [-0.39, 0.29) is 11.3 Å². The third-order valence-electron chi connectivity index (χ3n) is 3.82. The number of hydrogen-bond donors (Lipinski definition) is 1. The molecule has 0 atom stereocenters.